The lowest BCUT2D eigenvalue weighted by atomic mass is 9.93. The standard InChI is InChI=1S/C22H29N9O5S2/c1-2-36-27-15(17-26-22(23)38-28-17)19(33)25-13-9-31-16(21(34)35)12(10-37-20(13)31)8-29-5-3-4-14-18(29)24-11-30(14)6-7-32/h3-5,11-13,16,20,22,32H,2,6-10,23H2,1H3,(H2-,25,26,28,33,34,35)/p+1/b27-15-/t12?,13-,16?,20-,22?/m1/s1. The van der Waals surface area contributed by atoms with Crippen LogP contribution in [0.3, 0.4) is 0 Å². The molecule has 0 radical (unpaired) electrons. The number of thioether (sulfide) groups is 1. The predicted molar refractivity (Wildman–Crippen MR) is 142 cm³/mol. The van der Waals surface area contributed by atoms with E-state index in [0.29, 0.717) is 25.4 Å². The number of amides is 1. The van der Waals surface area contributed by atoms with Crippen LogP contribution in [-0.2, 0) is 27.5 Å². The molecule has 0 aromatic carbocycles. The van der Waals surface area contributed by atoms with Crippen LogP contribution in [0.2, 0.25) is 0 Å². The number of imidazole rings is 1. The number of aliphatic hydroxyl groups is 1. The Morgan fingerprint density at radius 3 is 3.00 bits per heavy atom. The van der Waals surface area contributed by atoms with Crippen molar-refractivity contribution in [3.05, 3.63) is 24.7 Å². The van der Waals surface area contributed by atoms with E-state index in [0.717, 1.165) is 23.1 Å². The molecule has 5 heterocycles. The van der Waals surface area contributed by atoms with Crippen molar-refractivity contribution in [2.45, 2.75) is 43.0 Å². The van der Waals surface area contributed by atoms with Gasteiger partial charge in [-0.15, -0.1) is 11.8 Å². The third kappa shape index (κ3) is 5.18. The van der Waals surface area contributed by atoms with Gasteiger partial charge in [0.25, 0.3) is 5.91 Å². The van der Waals surface area contributed by atoms with Crippen molar-refractivity contribution >= 4 is 58.3 Å². The Kier molecular flexibility index (Phi) is 8.04. The van der Waals surface area contributed by atoms with Crippen LogP contribution >= 0.6 is 23.7 Å². The number of nitrogens with zero attached hydrogens (tertiary/aromatic N) is 6. The average molecular weight is 565 g/mol. The van der Waals surface area contributed by atoms with E-state index in [1.54, 1.807) is 25.0 Å². The van der Waals surface area contributed by atoms with Crippen LogP contribution in [0.5, 0.6) is 0 Å². The van der Waals surface area contributed by atoms with Gasteiger partial charge in [-0.1, -0.05) is 5.16 Å². The maximum absolute atomic E-state index is 13.0. The summed E-state index contributed by atoms with van der Waals surface area (Å²) in [4.78, 5) is 41.1. The zero-order valence-electron chi connectivity index (χ0n) is 20.6. The summed E-state index contributed by atoms with van der Waals surface area (Å²) in [6.07, 6.45) is 3.58. The number of aliphatic imine (C=N–C) groups is 1. The largest absolute Gasteiger partial charge is 0.480 e. The number of hydrogen-bond acceptors (Lipinski definition) is 12. The summed E-state index contributed by atoms with van der Waals surface area (Å²) in [5, 5.41) is 26.2. The number of aliphatic carboxylic acids is 1. The third-order valence-corrected chi connectivity index (χ3v) is 8.83. The summed E-state index contributed by atoms with van der Waals surface area (Å²) in [5.74, 6) is -0.672. The molecule has 0 aliphatic carbocycles. The summed E-state index contributed by atoms with van der Waals surface area (Å²) in [6.45, 7) is 3.36. The number of nitrogens with one attached hydrogen (secondary N) is 2. The minimum Gasteiger partial charge on any atom is -0.480 e. The molecule has 38 heavy (non-hydrogen) atoms. The van der Waals surface area contributed by atoms with Crippen LogP contribution in [0, 0.1) is 5.92 Å². The maximum atomic E-state index is 13.0. The second-order valence-electron chi connectivity index (χ2n) is 9.02. The molecule has 5 atom stereocenters. The number of nitrogens with two attached hydrogens (primary N) is 1. The Balaban J connectivity index is 1.27. The first-order chi connectivity index (χ1) is 18.4. The van der Waals surface area contributed by atoms with Gasteiger partial charge in [0, 0.05) is 24.8 Å². The highest BCUT2D eigenvalue weighted by Crippen LogP contribution is 2.40. The summed E-state index contributed by atoms with van der Waals surface area (Å²) in [5.41, 5.74) is 6.86. The number of aromatic nitrogens is 3. The molecule has 0 saturated carbocycles. The lowest BCUT2D eigenvalue weighted by molar-refractivity contribution is -0.679. The van der Waals surface area contributed by atoms with Gasteiger partial charge in [-0.3, -0.25) is 20.2 Å². The number of carbonyl (C=O) groups excluding carboxylic acids is 1. The van der Waals surface area contributed by atoms with Crippen LogP contribution in [0.4, 0.5) is 0 Å². The second-order valence-corrected chi connectivity index (χ2v) is 11.1. The molecule has 2 saturated heterocycles. The van der Waals surface area contributed by atoms with Crippen LogP contribution in [-0.4, -0.2) is 96.6 Å². The highest BCUT2D eigenvalue weighted by atomic mass is 32.2. The molecule has 16 heteroatoms. The highest BCUT2D eigenvalue weighted by molar-refractivity contribution is 8.00. The normalized spacial score (nSPS) is 27.3. The summed E-state index contributed by atoms with van der Waals surface area (Å²) < 4.78 is 6.73. The van der Waals surface area contributed by atoms with Gasteiger partial charge < -0.3 is 29.7 Å². The molecule has 2 fully saturated rings. The number of carbonyl (C=O) groups is 2. The van der Waals surface area contributed by atoms with E-state index < -0.39 is 23.4 Å². The molecule has 2 aromatic heterocycles. The van der Waals surface area contributed by atoms with Gasteiger partial charge in [0.15, 0.2) is 11.3 Å². The van der Waals surface area contributed by atoms with Crippen LogP contribution in [0.1, 0.15) is 6.92 Å². The van der Waals surface area contributed by atoms with Crippen molar-refractivity contribution in [2.75, 3.05) is 25.5 Å². The van der Waals surface area contributed by atoms with E-state index in [-0.39, 0.29) is 42.1 Å². The number of rotatable bonds is 10. The molecule has 3 aliphatic heterocycles. The maximum Gasteiger partial charge on any atom is 0.348 e. The van der Waals surface area contributed by atoms with E-state index in [1.807, 2.05) is 32.4 Å². The first-order valence-corrected chi connectivity index (χ1v) is 14.1. The average Bonchev–Trinajstić information content (AvgIpc) is 3.50. The minimum atomic E-state index is -0.891. The Hall–Kier alpha value is -2.92. The molecular formula is C22H30N9O5S2+. The van der Waals surface area contributed by atoms with Crippen molar-refractivity contribution in [3.63, 3.8) is 0 Å². The van der Waals surface area contributed by atoms with Crippen LogP contribution in [0.15, 0.2) is 34.8 Å². The molecule has 14 nitrogen and oxygen atoms in total. The summed E-state index contributed by atoms with van der Waals surface area (Å²) in [6, 6.07) is 2.87. The number of amidine groups is 1. The zero-order chi connectivity index (χ0) is 26.8. The molecule has 204 valence electrons. The van der Waals surface area contributed by atoms with Crippen molar-refractivity contribution in [3.8, 4) is 0 Å². The molecule has 2 aromatic rings. The quantitative estimate of drug-likeness (QED) is 0.0984. The number of oxime groups is 1. The summed E-state index contributed by atoms with van der Waals surface area (Å²) in [7, 11) is 0. The molecular weight excluding hydrogens is 534 g/mol. The SMILES string of the molecule is CCO/N=C(\C(=O)N[C@@H]1CN2C(C(=O)O)C(C[n+]3cccc4c3ncn4CCO)CS[C@H]12)C1=NC(N)SN1. The van der Waals surface area contributed by atoms with Gasteiger partial charge in [0.05, 0.1) is 30.8 Å². The van der Waals surface area contributed by atoms with E-state index in [1.165, 1.54) is 0 Å². The van der Waals surface area contributed by atoms with Crippen LogP contribution in [0.25, 0.3) is 11.2 Å². The van der Waals surface area contributed by atoms with Gasteiger partial charge in [0.2, 0.25) is 12.0 Å². The molecule has 3 aliphatic rings. The smallest absolute Gasteiger partial charge is 0.348 e. The number of hydrogen-bond donors (Lipinski definition) is 5. The van der Waals surface area contributed by atoms with Gasteiger partial charge in [-0.25, -0.2) is 9.56 Å². The molecule has 1 amide bonds. The summed E-state index contributed by atoms with van der Waals surface area (Å²) >= 11 is 2.79. The first-order valence-electron chi connectivity index (χ1n) is 12.2. The Labute approximate surface area is 226 Å². The third-order valence-electron chi connectivity index (χ3n) is 6.61. The van der Waals surface area contributed by atoms with Gasteiger partial charge in [-0.05, 0) is 36.0 Å². The van der Waals surface area contributed by atoms with E-state index in [4.69, 9.17) is 10.6 Å². The molecule has 0 bridgehead atoms. The Bertz CT molecular complexity index is 1270. The van der Waals surface area contributed by atoms with E-state index in [9.17, 15) is 19.8 Å². The number of fused-ring (bicyclic) bond motifs is 2. The number of carboxylic acid groups (broad SMARTS) is 1. The van der Waals surface area contributed by atoms with Gasteiger partial charge >= 0.3 is 11.6 Å². The zero-order valence-corrected chi connectivity index (χ0v) is 22.3. The molecule has 6 N–H and O–H groups in total. The molecule has 3 unspecified atom stereocenters. The van der Waals surface area contributed by atoms with E-state index in [2.05, 4.69) is 25.2 Å². The Morgan fingerprint density at radius 1 is 1.45 bits per heavy atom. The monoisotopic (exact) mass is 564 g/mol. The Morgan fingerprint density at radius 2 is 2.29 bits per heavy atom. The second kappa shape index (κ2) is 11.4. The highest BCUT2D eigenvalue weighted by Gasteiger charge is 2.53. The number of pyridine rings is 1. The lowest BCUT2D eigenvalue weighted by Crippen LogP contribution is -2.73. The van der Waals surface area contributed by atoms with Crippen molar-refractivity contribution in [2.24, 2.45) is 21.8 Å². The van der Waals surface area contributed by atoms with Gasteiger partial charge in [0.1, 0.15) is 18.2 Å². The predicted octanol–water partition coefficient (Wildman–Crippen LogP) is -1.46. The van der Waals surface area contributed by atoms with Crippen molar-refractivity contribution in [1.82, 2.24) is 24.5 Å². The van der Waals surface area contributed by atoms with Gasteiger partial charge in [-0.2, -0.15) is 0 Å². The molecule has 5 rings (SSSR count). The minimum absolute atomic E-state index is 0.00403. The first kappa shape index (κ1) is 26.7. The fourth-order valence-electron chi connectivity index (χ4n) is 4.93. The lowest BCUT2D eigenvalue weighted by Gasteiger charge is -2.54. The fraction of sp³-hybridized carbons (Fsp3) is 0.545. The van der Waals surface area contributed by atoms with E-state index >= 15 is 0 Å². The fourth-order valence-corrected chi connectivity index (χ4v) is 6.99. The topological polar surface area (TPSA) is 184 Å². The number of carboxylic acids is 1. The van der Waals surface area contributed by atoms with Crippen molar-refractivity contribution in [1.29, 1.82) is 0 Å². The van der Waals surface area contributed by atoms with Crippen molar-refractivity contribution < 1.29 is 29.2 Å². The number of aliphatic hydroxyl groups excluding tert-OH is 1. The van der Waals surface area contributed by atoms with Crippen LogP contribution < -0.4 is 20.3 Å². The molecule has 0 spiro atoms.